The zero-order chi connectivity index (χ0) is 17.3. The summed E-state index contributed by atoms with van der Waals surface area (Å²) in [6.07, 6.45) is 1.66. The Labute approximate surface area is 140 Å². The van der Waals surface area contributed by atoms with Crippen LogP contribution in [0.4, 0.5) is 4.79 Å². The first-order chi connectivity index (χ1) is 11.0. The lowest BCUT2D eigenvalue weighted by Crippen LogP contribution is -2.30. The fourth-order valence-electron chi connectivity index (χ4n) is 1.93. The maximum Gasteiger partial charge on any atom is 0.474 e. The van der Waals surface area contributed by atoms with E-state index in [2.05, 4.69) is 15.6 Å². The number of rotatable bonds is 9. The van der Waals surface area contributed by atoms with Crippen LogP contribution < -0.4 is 0 Å². The van der Waals surface area contributed by atoms with Gasteiger partial charge in [-0.1, -0.05) is 24.4 Å². The van der Waals surface area contributed by atoms with Crippen molar-refractivity contribution in [2.24, 2.45) is 5.92 Å². The van der Waals surface area contributed by atoms with Gasteiger partial charge < -0.3 is 9.64 Å². The molecular formula is C13H22NO7PS. The van der Waals surface area contributed by atoms with Crippen LogP contribution in [0, 0.1) is 5.92 Å². The van der Waals surface area contributed by atoms with Crippen LogP contribution in [0.1, 0.15) is 6.42 Å². The number of amides is 1. The van der Waals surface area contributed by atoms with Crippen LogP contribution in [0.3, 0.4) is 0 Å². The van der Waals surface area contributed by atoms with Crippen LogP contribution in [0.2, 0.25) is 0 Å². The minimum atomic E-state index is -3.50. The molecule has 1 heterocycles. The topological polar surface area (TPSA) is 91.4 Å². The molecule has 10 heteroatoms. The quantitative estimate of drug-likeness (QED) is 0.348. The Morgan fingerprint density at radius 3 is 2.70 bits per heavy atom. The van der Waals surface area contributed by atoms with Gasteiger partial charge in [-0.3, -0.25) is 18.4 Å². The van der Waals surface area contributed by atoms with Crippen LogP contribution in [-0.4, -0.2) is 62.4 Å². The summed E-state index contributed by atoms with van der Waals surface area (Å²) in [5, 5.41) is -0.0303. The van der Waals surface area contributed by atoms with E-state index in [1.807, 2.05) is 0 Å². The Kier molecular flexibility index (Phi) is 8.86. The average molecular weight is 367 g/mol. The maximum absolute atomic E-state index is 12.1. The number of hydrogen-bond donors (Lipinski definition) is 0. The van der Waals surface area contributed by atoms with Crippen LogP contribution >= 0.6 is 19.6 Å². The molecule has 23 heavy (non-hydrogen) atoms. The van der Waals surface area contributed by atoms with Gasteiger partial charge in [0.05, 0.1) is 6.61 Å². The summed E-state index contributed by atoms with van der Waals surface area (Å²) in [5.74, 6) is 0.0976. The smallest absolute Gasteiger partial charge is 0.445 e. The molecule has 0 radical (unpaired) electrons. The van der Waals surface area contributed by atoms with Crippen molar-refractivity contribution in [1.82, 2.24) is 4.90 Å². The molecule has 1 amide bonds. The predicted octanol–water partition coefficient (Wildman–Crippen LogP) is 2.31. The average Bonchev–Trinajstić information content (AvgIpc) is 3.06. The highest BCUT2D eigenvalue weighted by Crippen LogP contribution is 2.47. The van der Waals surface area contributed by atoms with Gasteiger partial charge in [-0.25, -0.2) is 9.36 Å². The highest BCUT2D eigenvalue weighted by molar-refractivity contribution is 8.13. The number of phosphoric acid groups is 1. The number of nitrogens with zero attached hydrogens (tertiary/aromatic N) is 1. The van der Waals surface area contributed by atoms with Gasteiger partial charge in [0.25, 0.3) is 0 Å². The third kappa shape index (κ3) is 6.64. The molecular weight excluding hydrogens is 345 g/mol. The Bertz CT molecular complexity index is 465. The van der Waals surface area contributed by atoms with Crippen molar-refractivity contribution in [2.45, 2.75) is 6.42 Å². The molecule has 132 valence electrons. The van der Waals surface area contributed by atoms with E-state index in [0.717, 1.165) is 11.8 Å². The molecule has 0 bridgehead atoms. The van der Waals surface area contributed by atoms with Crippen LogP contribution in [0.25, 0.3) is 0 Å². The molecule has 1 rings (SSSR count). The molecule has 0 N–H and O–H groups in total. The van der Waals surface area contributed by atoms with Gasteiger partial charge in [0.1, 0.15) is 6.61 Å². The summed E-state index contributed by atoms with van der Waals surface area (Å²) in [6, 6.07) is 0. The molecule has 0 aromatic carbocycles. The maximum atomic E-state index is 12.1. The molecule has 0 saturated carbocycles. The lowest BCUT2D eigenvalue weighted by molar-refractivity contribution is -0.114. The number of likely N-dealkylation sites (tertiary alicyclic amines) is 1. The lowest BCUT2D eigenvalue weighted by atomic mass is 10.1. The molecule has 0 spiro atoms. The van der Waals surface area contributed by atoms with E-state index >= 15 is 0 Å². The fourth-order valence-corrected chi connectivity index (χ4v) is 3.52. The minimum absolute atomic E-state index is 0.0303. The van der Waals surface area contributed by atoms with Gasteiger partial charge in [0.15, 0.2) is 5.12 Å². The van der Waals surface area contributed by atoms with E-state index in [4.69, 9.17) is 9.26 Å². The molecule has 1 aliphatic heterocycles. The molecule has 0 aromatic rings. The Morgan fingerprint density at radius 1 is 1.39 bits per heavy atom. The first-order valence-electron chi connectivity index (χ1n) is 7.01. The highest BCUT2D eigenvalue weighted by atomic mass is 32.2. The van der Waals surface area contributed by atoms with Gasteiger partial charge in [-0.15, -0.1) is 0 Å². The number of carbonyl (C=O) groups is 2. The van der Waals surface area contributed by atoms with Crippen molar-refractivity contribution in [3.63, 3.8) is 0 Å². The van der Waals surface area contributed by atoms with Crippen molar-refractivity contribution in [2.75, 3.05) is 46.3 Å². The lowest BCUT2D eigenvalue weighted by Gasteiger charge is -2.15. The van der Waals surface area contributed by atoms with Crippen molar-refractivity contribution < 1.29 is 32.5 Å². The zero-order valence-corrected chi connectivity index (χ0v) is 15.0. The standard InChI is InChI=1S/C13H22NO7PS/c1-4-7-20-13(16)14-6-5-11(10-14)12(15)23-9-8-21-22(17,18-2)19-3/h4,11H,1,5-10H2,2-3H3. The summed E-state index contributed by atoms with van der Waals surface area (Å²) in [6.45, 7) is 4.52. The van der Waals surface area contributed by atoms with Crippen molar-refractivity contribution in [3.05, 3.63) is 12.7 Å². The minimum Gasteiger partial charge on any atom is -0.445 e. The fraction of sp³-hybridized carbons (Fsp3) is 0.692. The SMILES string of the molecule is C=CCOC(=O)N1CCC(C(=O)SCCOP(=O)(OC)OC)C1. The Hall–Kier alpha value is -0.860. The monoisotopic (exact) mass is 367 g/mol. The molecule has 1 unspecified atom stereocenters. The number of ether oxygens (including phenoxy) is 1. The third-order valence-corrected chi connectivity index (χ3v) is 5.51. The number of thioether (sulfide) groups is 1. The second-order valence-corrected chi connectivity index (χ2v) is 7.59. The molecule has 0 aliphatic carbocycles. The Balaban J connectivity index is 2.27. The van der Waals surface area contributed by atoms with E-state index < -0.39 is 13.9 Å². The molecule has 1 fully saturated rings. The van der Waals surface area contributed by atoms with E-state index in [1.165, 1.54) is 25.2 Å². The normalized spacial score (nSPS) is 18.0. The van der Waals surface area contributed by atoms with Crippen molar-refractivity contribution >= 4 is 30.8 Å². The van der Waals surface area contributed by atoms with Crippen LogP contribution in [0.5, 0.6) is 0 Å². The van der Waals surface area contributed by atoms with E-state index in [-0.39, 0.29) is 24.2 Å². The molecule has 0 aromatic heterocycles. The van der Waals surface area contributed by atoms with E-state index in [9.17, 15) is 14.2 Å². The summed E-state index contributed by atoms with van der Waals surface area (Å²) in [5.41, 5.74) is 0. The van der Waals surface area contributed by atoms with E-state index in [1.54, 1.807) is 0 Å². The largest absolute Gasteiger partial charge is 0.474 e. The Morgan fingerprint density at radius 2 is 2.09 bits per heavy atom. The second kappa shape index (κ2) is 10.1. The summed E-state index contributed by atoms with van der Waals surface area (Å²) in [4.78, 5) is 25.2. The van der Waals surface area contributed by atoms with Crippen LogP contribution in [0.15, 0.2) is 12.7 Å². The first-order valence-corrected chi connectivity index (χ1v) is 9.45. The first kappa shape index (κ1) is 20.2. The molecule has 8 nitrogen and oxygen atoms in total. The number of hydrogen-bond acceptors (Lipinski definition) is 8. The van der Waals surface area contributed by atoms with Gasteiger partial charge in [-0.05, 0) is 6.42 Å². The number of phosphoric ester groups is 1. The second-order valence-electron chi connectivity index (χ2n) is 4.61. The molecule has 1 saturated heterocycles. The highest BCUT2D eigenvalue weighted by Gasteiger charge is 2.32. The van der Waals surface area contributed by atoms with Crippen molar-refractivity contribution in [3.8, 4) is 0 Å². The summed E-state index contributed by atoms with van der Waals surface area (Å²) >= 11 is 1.08. The van der Waals surface area contributed by atoms with E-state index in [0.29, 0.717) is 25.3 Å². The summed E-state index contributed by atoms with van der Waals surface area (Å²) < 4.78 is 30.8. The van der Waals surface area contributed by atoms with Crippen LogP contribution in [-0.2, 0) is 27.7 Å². The third-order valence-electron chi connectivity index (χ3n) is 3.13. The van der Waals surface area contributed by atoms with Gasteiger partial charge in [-0.2, -0.15) is 0 Å². The molecule has 1 atom stereocenters. The van der Waals surface area contributed by atoms with Gasteiger partial charge >= 0.3 is 13.9 Å². The summed E-state index contributed by atoms with van der Waals surface area (Å²) in [7, 11) is -1.06. The van der Waals surface area contributed by atoms with Crippen molar-refractivity contribution in [1.29, 1.82) is 0 Å². The predicted molar refractivity (Wildman–Crippen MR) is 86.3 cm³/mol. The zero-order valence-electron chi connectivity index (χ0n) is 13.3. The molecule has 1 aliphatic rings. The van der Waals surface area contributed by atoms with Gasteiger partial charge in [0, 0.05) is 39.0 Å². The number of carbonyl (C=O) groups excluding carboxylic acids is 2. The van der Waals surface area contributed by atoms with Gasteiger partial charge in [0.2, 0.25) is 0 Å².